The van der Waals surface area contributed by atoms with Crippen LogP contribution < -0.4 is 0 Å². The second-order valence-corrected chi connectivity index (χ2v) is 5.80. The lowest BCUT2D eigenvalue weighted by atomic mass is 10.1. The number of Topliss-reactive ketones (excluding diaryl/α,β-unsaturated/α-hetero) is 1. The van der Waals surface area contributed by atoms with Gasteiger partial charge in [0.2, 0.25) is 0 Å². The summed E-state index contributed by atoms with van der Waals surface area (Å²) in [4.78, 5) is 12.8. The summed E-state index contributed by atoms with van der Waals surface area (Å²) in [7, 11) is 0. The van der Waals surface area contributed by atoms with Crippen LogP contribution in [0.2, 0.25) is 0 Å². The molecule has 0 saturated heterocycles. The van der Waals surface area contributed by atoms with Gasteiger partial charge in [0.1, 0.15) is 4.88 Å². The molecule has 0 radical (unpaired) electrons. The van der Waals surface area contributed by atoms with Crippen molar-refractivity contribution >= 4 is 17.3 Å². The van der Waals surface area contributed by atoms with Gasteiger partial charge in [-0.15, -0.1) is 5.10 Å². The summed E-state index contributed by atoms with van der Waals surface area (Å²) < 4.78 is 3.87. The van der Waals surface area contributed by atoms with E-state index in [-0.39, 0.29) is 5.78 Å². The number of aryl methyl sites for hydroxylation is 1. The molecule has 0 amide bonds. The Hall–Kier alpha value is -0.770. The Labute approximate surface area is 121 Å². The Kier molecular flexibility index (Phi) is 8.63. The number of carbonyl (C=O) groups is 1. The summed E-state index contributed by atoms with van der Waals surface area (Å²) in [5.74, 6) is 0.234. The number of hydrogen-bond acceptors (Lipinski definition) is 4. The number of carbonyl (C=O) groups excluding carboxylic acids is 1. The molecule has 108 valence electrons. The van der Waals surface area contributed by atoms with Crippen LogP contribution in [0, 0.1) is 0 Å². The normalized spacial score (nSPS) is 10.8. The molecular weight excluding hydrogens is 256 g/mol. The summed E-state index contributed by atoms with van der Waals surface area (Å²) in [5.41, 5.74) is 0.870. The van der Waals surface area contributed by atoms with E-state index in [4.69, 9.17) is 0 Å². The zero-order valence-corrected chi connectivity index (χ0v) is 13.1. The van der Waals surface area contributed by atoms with Gasteiger partial charge in [0, 0.05) is 6.42 Å². The van der Waals surface area contributed by atoms with Crippen LogP contribution >= 0.6 is 11.5 Å². The van der Waals surface area contributed by atoms with Crippen LogP contribution in [-0.4, -0.2) is 15.4 Å². The average molecular weight is 282 g/mol. The molecule has 4 heteroatoms. The molecule has 1 rings (SSSR count). The monoisotopic (exact) mass is 282 g/mol. The molecule has 0 aromatic carbocycles. The van der Waals surface area contributed by atoms with E-state index in [0.717, 1.165) is 23.4 Å². The van der Waals surface area contributed by atoms with Crippen molar-refractivity contribution in [3.05, 3.63) is 10.6 Å². The molecule has 1 aromatic rings. The maximum absolute atomic E-state index is 12.0. The van der Waals surface area contributed by atoms with Crippen molar-refractivity contribution in [2.24, 2.45) is 0 Å². The maximum atomic E-state index is 12.0. The Morgan fingerprint density at radius 2 is 1.63 bits per heavy atom. The van der Waals surface area contributed by atoms with Gasteiger partial charge < -0.3 is 0 Å². The molecular formula is C15H26N2OS. The van der Waals surface area contributed by atoms with Crippen molar-refractivity contribution < 1.29 is 4.79 Å². The summed E-state index contributed by atoms with van der Waals surface area (Å²) >= 11 is 1.25. The van der Waals surface area contributed by atoms with Gasteiger partial charge in [-0.2, -0.15) is 0 Å². The van der Waals surface area contributed by atoms with Crippen LogP contribution in [0.1, 0.15) is 87.0 Å². The van der Waals surface area contributed by atoms with E-state index in [1.54, 1.807) is 0 Å². The number of ketones is 1. The number of aromatic nitrogens is 2. The lowest BCUT2D eigenvalue weighted by molar-refractivity contribution is 0.0982. The zero-order chi connectivity index (χ0) is 13.9. The Morgan fingerprint density at radius 1 is 1.00 bits per heavy atom. The van der Waals surface area contributed by atoms with Crippen molar-refractivity contribution in [2.75, 3.05) is 0 Å². The van der Waals surface area contributed by atoms with E-state index >= 15 is 0 Å². The number of nitrogens with zero attached hydrogens (tertiary/aromatic N) is 2. The van der Waals surface area contributed by atoms with Crippen molar-refractivity contribution in [1.29, 1.82) is 0 Å². The molecule has 0 atom stereocenters. The molecule has 1 aromatic heterocycles. The van der Waals surface area contributed by atoms with E-state index in [2.05, 4.69) is 16.5 Å². The third kappa shape index (κ3) is 6.28. The third-order valence-electron chi connectivity index (χ3n) is 3.40. The van der Waals surface area contributed by atoms with E-state index in [1.165, 1.54) is 56.5 Å². The fourth-order valence-electron chi connectivity index (χ4n) is 2.18. The highest BCUT2D eigenvalue weighted by Crippen LogP contribution is 2.16. The van der Waals surface area contributed by atoms with Crippen molar-refractivity contribution in [3.63, 3.8) is 0 Å². The number of rotatable bonds is 11. The first-order chi connectivity index (χ1) is 9.29. The molecule has 19 heavy (non-hydrogen) atoms. The van der Waals surface area contributed by atoms with E-state index in [1.807, 2.05) is 6.92 Å². The zero-order valence-electron chi connectivity index (χ0n) is 12.3. The van der Waals surface area contributed by atoms with Crippen molar-refractivity contribution in [1.82, 2.24) is 9.59 Å². The molecule has 0 N–H and O–H groups in total. The minimum absolute atomic E-state index is 0.234. The summed E-state index contributed by atoms with van der Waals surface area (Å²) in [5, 5.41) is 3.99. The van der Waals surface area contributed by atoms with Gasteiger partial charge >= 0.3 is 0 Å². The number of hydrogen-bond donors (Lipinski definition) is 0. The van der Waals surface area contributed by atoms with Gasteiger partial charge in [-0.3, -0.25) is 4.79 Å². The molecule has 0 bridgehead atoms. The molecule has 0 aliphatic rings. The van der Waals surface area contributed by atoms with Crippen LogP contribution in [-0.2, 0) is 6.42 Å². The Bertz CT molecular complexity index is 363. The standard InChI is InChI=1S/C15H26N2OS/c1-3-5-6-7-8-9-10-11-12-14(18)15-13(4-2)16-17-19-15/h3-12H2,1-2H3. The Balaban J connectivity index is 2.08. The van der Waals surface area contributed by atoms with Crippen molar-refractivity contribution in [2.45, 2.75) is 78.1 Å². The molecule has 0 aliphatic carbocycles. The fourth-order valence-corrected chi connectivity index (χ4v) is 2.90. The van der Waals surface area contributed by atoms with Crippen LogP contribution in [0.3, 0.4) is 0 Å². The van der Waals surface area contributed by atoms with E-state index < -0.39 is 0 Å². The fraction of sp³-hybridized carbons (Fsp3) is 0.800. The quantitative estimate of drug-likeness (QED) is 0.432. The second kappa shape index (κ2) is 10.1. The predicted octanol–water partition coefficient (Wildman–Crippen LogP) is 4.81. The molecule has 1 heterocycles. The summed E-state index contributed by atoms with van der Waals surface area (Å²) in [6.07, 6.45) is 11.6. The van der Waals surface area contributed by atoms with Crippen LogP contribution in [0.5, 0.6) is 0 Å². The van der Waals surface area contributed by atoms with Crippen LogP contribution in [0.4, 0.5) is 0 Å². The minimum Gasteiger partial charge on any atom is -0.293 e. The van der Waals surface area contributed by atoms with Gasteiger partial charge in [-0.05, 0) is 24.4 Å². The lowest BCUT2D eigenvalue weighted by Gasteiger charge is -2.01. The third-order valence-corrected chi connectivity index (χ3v) is 4.21. The summed E-state index contributed by atoms with van der Waals surface area (Å²) in [6, 6.07) is 0. The first-order valence-electron chi connectivity index (χ1n) is 7.64. The van der Waals surface area contributed by atoms with Gasteiger partial charge in [0.15, 0.2) is 5.78 Å². The number of unbranched alkanes of at least 4 members (excludes halogenated alkanes) is 7. The maximum Gasteiger partial charge on any atom is 0.176 e. The van der Waals surface area contributed by atoms with Gasteiger partial charge in [0.25, 0.3) is 0 Å². The summed E-state index contributed by atoms with van der Waals surface area (Å²) in [6.45, 7) is 4.26. The lowest BCUT2D eigenvalue weighted by Crippen LogP contribution is -2.00. The van der Waals surface area contributed by atoms with E-state index in [0.29, 0.717) is 6.42 Å². The highest BCUT2D eigenvalue weighted by Gasteiger charge is 2.14. The average Bonchev–Trinajstić information content (AvgIpc) is 2.90. The topological polar surface area (TPSA) is 42.9 Å². The SMILES string of the molecule is CCCCCCCCCCC(=O)c1snnc1CC. The van der Waals surface area contributed by atoms with Crippen molar-refractivity contribution in [3.8, 4) is 0 Å². The first kappa shape index (κ1) is 16.3. The molecule has 0 aliphatic heterocycles. The molecule has 0 unspecified atom stereocenters. The van der Waals surface area contributed by atoms with E-state index in [9.17, 15) is 4.79 Å². The predicted molar refractivity (Wildman–Crippen MR) is 80.8 cm³/mol. The van der Waals surface area contributed by atoms with Crippen LogP contribution in [0.25, 0.3) is 0 Å². The first-order valence-corrected chi connectivity index (χ1v) is 8.41. The molecule has 0 spiro atoms. The molecule has 0 fully saturated rings. The second-order valence-electron chi connectivity index (χ2n) is 5.05. The molecule has 3 nitrogen and oxygen atoms in total. The Morgan fingerprint density at radius 3 is 2.26 bits per heavy atom. The van der Waals surface area contributed by atoms with Crippen LogP contribution in [0.15, 0.2) is 0 Å². The largest absolute Gasteiger partial charge is 0.293 e. The highest BCUT2D eigenvalue weighted by molar-refractivity contribution is 7.08. The molecule has 0 saturated carbocycles. The minimum atomic E-state index is 0.234. The highest BCUT2D eigenvalue weighted by atomic mass is 32.1. The smallest absolute Gasteiger partial charge is 0.176 e. The van der Waals surface area contributed by atoms with Gasteiger partial charge in [-0.1, -0.05) is 63.3 Å². The van der Waals surface area contributed by atoms with Gasteiger partial charge in [-0.25, -0.2) is 0 Å². The van der Waals surface area contributed by atoms with Gasteiger partial charge in [0.05, 0.1) is 5.69 Å².